The van der Waals surface area contributed by atoms with Gasteiger partial charge in [-0.05, 0) is 17.4 Å². The Labute approximate surface area is 78.6 Å². The molecule has 0 saturated heterocycles. The van der Waals surface area contributed by atoms with Crippen molar-refractivity contribution in [1.82, 2.24) is 5.48 Å². The predicted octanol–water partition coefficient (Wildman–Crippen LogP) is 0.392. The number of amides is 1. The molecule has 1 aromatic rings. The first-order chi connectivity index (χ1) is 6.66. The summed E-state index contributed by atoms with van der Waals surface area (Å²) in [6.07, 6.45) is 0. The van der Waals surface area contributed by atoms with E-state index in [-0.39, 0.29) is 11.1 Å². The van der Waals surface area contributed by atoms with Gasteiger partial charge in [0.1, 0.15) is 0 Å². The summed E-state index contributed by atoms with van der Waals surface area (Å²) in [5.41, 5.74) is 1.18. The van der Waals surface area contributed by atoms with E-state index in [1.54, 1.807) is 0 Å². The Morgan fingerprint density at radius 2 is 1.79 bits per heavy atom. The Bertz CT molecular complexity index is 363. The summed E-state index contributed by atoms with van der Waals surface area (Å²) in [6.45, 7) is 0. The fourth-order valence-electron chi connectivity index (χ4n) is 0.960. The van der Waals surface area contributed by atoms with Crippen LogP contribution in [-0.2, 0) is 10.2 Å². The molecule has 1 rings (SSSR count). The number of benzene rings is 1. The van der Waals surface area contributed by atoms with E-state index in [1.807, 2.05) is 0 Å². The molecule has 0 saturated carbocycles. The van der Waals surface area contributed by atoms with E-state index < -0.39 is 11.9 Å². The van der Waals surface area contributed by atoms with Gasteiger partial charge >= 0.3 is 5.97 Å². The molecule has 0 heterocycles. The van der Waals surface area contributed by atoms with Gasteiger partial charge in [0, 0.05) is 0 Å². The highest BCUT2D eigenvalue weighted by Gasteiger charge is 2.15. The number of aromatic carboxylic acids is 1. The summed E-state index contributed by atoms with van der Waals surface area (Å²) in [6, 6.07) is 5.48. The van der Waals surface area contributed by atoms with Crippen LogP contribution in [0.4, 0.5) is 0 Å². The molecule has 0 aliphatic rings. The molecule has 0 fully saturated rings. The quantitative estimate of drug-likeness (QED) is 0.540. The number of carboxylic acid groups (broad SMARTS) is 1. The van der Waals surface area contributed by atoms with Crippen molar-refractivity contribution in [3.63, 3.8) is 0 Å². The van der Waals surface area contributed by atoms with Crippen molar-refractivity contribution in [2.75, 3.05) is 0 Å². The first-order valence-electron chi connectivity index (χ1n) is 3.58. The molecule has 0 bridgehead atoms. The number of rotatable bonds is 3. The van der Waals surface area contributed by atoms with E-state index in [0.29, 0.717) is 0 Å². The second-order valence-electron chi connectivity index (χ2n) is 2.37. The topological polar surface area (TPSA) is 95.5 Å². The molecule has 6 heteroatoms. The van der Waals surface area contributed by atoms with Crippen molar-refractivity contribution in [3.05, 3.63) is 35.4 Å². The van der Waals surface area contributed by atoms with Gasteiger partial charge < -0.3 is 5.11 Å². The zero-order valence-electron chi connectivity index (χ0n) is 6.89. The second-order valence-corrected chi connectivity index (χ2v) is 2.37. The summed E-state index contributed by atoms with van der Waals surface area (Å²) >= 11 is 0. The van der Waals surface area contributed by atoms with E-state index in [0.717, 1.165) is 0 Å². The van der Waals surface area contributed by atoms with Crippen LogP contribution in [0, 0.1) is 0 Å². The fourth-order valence-corrected chi connectivity index (χ4v) is 0.960. The van der Waals surface area contributed by atoms with Crippen molar-refractivity contribution in [2.24, 2.45) is 0 Å². The summed E-state index contributed by atoms with van der Waals surface area (Å²) in [5.74, 6) is -2.14. The lowest BCUT2D eigenvalue weighted by molar-refractivity contribution is -0.335. The van der Waals surface area contributed by atoms with Crippen LogP contribution < -0.4 is 5.48 Å². The molecule has 0 atom stereocenters. The number of carboxylic acids is 1. The molecule has 1 radical (unpaired) electrons. The number of hydrogen-bond acceptors (Lipinski definition) is 3. The van der Waals surface area contributed by atoms with Gasteiger partial charge in [0.25, 0.3) is 5.91 Å². The lowest BCUT2D eigenvalue weighted by Gasteiger charge is -2.02. The maximum Gasteiger partial charge on any atom is 0.336 e. The van der Waals surface area contributed by atoms with E-state index in [2.05, 4.69) is 4.99 Å². The summed E-state index contributed by atoms with van der Waals surface area (Å²) in [7, 11) is 0. The Morgan fingerprint density at radius 3 is 2.29 bits per heavy atom. The third kappa shape index (κ3) is 2.06. The lowest BCUT2D eigenvalue weighted by atomic mass is 10.1. The van der Waals surface area contributed by atoms with E-state index >= 15 is 0 Å². The highest BCUT2D eigenvalue weighted by molar-refractivity contribution is 6.04. The summed E-state index contributed by atoms with van der Waals surface area (Å²) in [5, 5.41) is 18.3. The standard InChI is InChI=1S/C8H6NO5/c10-7(9-14-13)5-3-1-2-4-6(5)8(11)12/h1-4H,(H,9,10)(H,11,12). The highest BCUT2D eigenvalue weighted by Crippen LogP contribution is 2.08. The monoisotopic (exact) mass is 196 g/mol. The van der Waals surface area contributed by atoms with Crippen molar-refractivity contribution in [1.29, 1.82) is 0 Å². The normalized spacial score (nSPS) is 9.50. The molecule has 2 N–H and O–H groups in total. The number of hydroxylamine groups is 1. The third-order valence-corrected chi connectivity index (χ3v) is 1.54. The molecule has 73 valence electrons. The summed E-state index contributed by atoms with van der Waals surface area (Å²) < 4.78 is 0. The Hall–Kier alpha value is -1.92. The smallest absolute Gasteiger partial charge is 0.336 e. The first kappa shape index (κ1) is 10.2. The second kappa shape index (κ2) is 4.35. The molecular weight excluding hydrogens is 190 g/mol. The Morgan fingerprint density at radius 1 is 1.21 bits per heavy atom. The largest absolute Gasteiger partial charge is 0.478 e. The van der Waals surface area contributed by atoms with Crippen LogP contribution in [0.2, 0.25) is 0 Å². The van der Waals surface area contributed by atoms with Crippen LogP contribution in [-0.4, -0.2) is 17.0 Å². The van der Waals surface area contributed by atoms with Crippen molar-refractivity contribution >= 4 is 11.9 Å². The first-order valence-corrected chi connectivity index (χ1v) is 3.58. The summed E-state index contributed by atoms with van der Waals surface area (Å²) in [4.78, 5) is 24.9. The van der Waals surface area contributed by atoms with Crippen LogP contribution in [0.25, 0.3) is 0 Å². The minimum Gasteiger partial charge on any atom is -0.478 e. The number of carbonyl (C=O) groups excluding carboxylic acids is 1. The third-order valence-electron chi connectivity index (χ3n) is 1.54. The van der Waals surface area contributed by atoms with E-state index in [4.69, 9.17) is 5.11 Å². The van der Waals surface area contributed by atoms with E-state index in [9.17, 15) is 14.8 Å². The number of hydrogen-bond donors (Lipinski definition) is 2. The molecule has 1 aromatic carbocycles. The van der Waals surface area contributed by atoms with Crippen molar-refractivity contribution in [3.8, 4) is 0 Å². The average Bonchev–Trinajstić information content (AvgIpc) is 2.18. The van der Waals surface area contributed by atoms with E-state index in [1.165, 1.54) is 29.7 Å². The maximum absolute atomic E-state index is 11.1. The minimum absolute atomic E-state index is 0.129. The average molecular weight is 196 g/mol. The highest BCUT2D eigenvalue weighted by atomic mass is 17.2. The van der Waals surface area contributed by atoms with Crippen molar-refractivity contribution in [2.45, 2.75) is 0 Å². The molecular formula is C8H6NO5. The van der Waals surface area contributed by atoms with Gasteiger partial charge in [-0.25, -0.2) is 4.79 Å². The predicted molar refractivity (Wildman–Crippen MR) is 42.6 cm³/mol. The fraction of sp³-hybridized carbons (Fsp3) is 0. The van der Waals surface area contributed by atoms with Gasteiger partial charge in [0.15, 0.2) is 0 Å². The van der Waals surface area contributed by atoms with Crippen LogP contribution >= 0.6 is 0 Å². The molecule has 6 nitrogen and oxygen atoms in total. The minimum atomic E-state index is -1.25. The molecule has 0 aliphatic heterocycles. The molecule has 1 amide bonds. The van der Waals surface area contributed by atoms with Crippen LogP contribution in [0.15, 0.2) is 24.3 Å². The van der Waals surface area contributed by atoms with Gasteiger partial charge in [-0.15, -0.1) is 0 Å². The zero-order chi connectivity index (χ0) is 10.6. The van der Waals surface area contributed by atoms with Crippen LogP contribution in [0.3, 0.4) is 0 Å². The van der Waals surface area contributed by atoms with Gasteiger partial charge in [0.2, 0.25) is 0 Å². The lowest BCUT2D eigenvalue weighted by Crippen LogP contribution is -2.23. The van der Waals surface area contributed by atoms with Gasteiger partial charge in [-0.2, -0.15) is 5.48 Å². The molecule has 0 aromatic heterocycles. The molecule has 0 aliphatic carbocycles. The molecule has 0 spiro atoms. The van der Waals surface area contributed by atoms with Crippen LogP contribution in [0.5, 0.6) is 0 Å². The molecule has 0 unspecified atom stereocenters. The number of nitrogens with one attached hydrogen (secondary N) is 1. The number of carbonyl (C=O) groups is 2. The zero-order valence-corrected chi connectivity index (χ0v) is 6.89. The maximum atomic E-state index is 11.1. The molecule has 14 heavy (non-hydrogen) atoms. The van der Waals surface area contributed by atoms with Crippen molar-refractivity contribution < 1.29 is 24.9 Å². The van der Waals surface area contributed by atoms with Gasteiger partial charge in [-0.1, -0.05) is 17.1 Å². The SMILES string of the molecule is [O]ONC(=O)c1ccccc1C(=O)O. The van der Waals surface area contributed by atoms with Gasteiger partial charge in [-0.3, -0.25) is 4.79 Å². The van der Waals surface area contributed by atoms with Gasteiger partial charge in [0.05, 0.1) is 11.1 Å². The Balaban J connectivity index is 3.07. The Kier molecular flexibility index (Phi) is 3.16. The van der Waals surface area contributed by atoms with Crippen LogP contribution in [0.1, 0.15) is 20.7 Å².